The highest BCUT2D eigenvalue weighted by atomic mass is 16.5. The number of hydrogen-bond donors (Lipinski definition) is 0. The fourth-order valence-corrected chi connectivity index (χ4v) is 2.81. The molecule has 0 aliphatic carbocycles. The molecule has 4 rings (SSSR count). The first-order chi connectivity index (χ1) is 12.7. The van der Waals surface area contributed by atoms with E-state index < -0.39 is 0 Å². The van der Waals surface area contributed by atoms with Crippen molar-refractivity contribution in [2.24, 2.45) is 0 Å². The zero-order valence-corrected chi connectivity index (χ0v) is 14.3. The summed E-state index contributed by atoms with van der Waals surface area (Å²) < 4.78 is 16.1. The lowest BCUT2D eigenvalue weighted by Gasteiger charge is -2.01. The summed E-state index contributed by atoms with van der Waals surface area (Å²) in [6.45, 7) is 2.07. The summed E-state index contributed by atoms with van der Waals surface area (Å²) in [4.78, 5) is 12.1. The molecule has 0 fully saturated rings. The Hall–Kier alpha value is -3.34. The number of esters is 1. The van der Waals surface area contributed by atoms with Crippen LogP contribution in [0, 0.1) is 6.92 Å². The minimum absolute atomic E-state index is 0.0735. The largest absolute Gasteiger partial charge is 0.464 e. The number of carbonyl (C=O) groups excluding carboxylic acids is 1. The van der Waals surface area contributed by atoms with Crippen LogP contribution in [0.1, 0.15) is 16.8 Å². The van der Waals surface area contributed by atoms with Crippen LogP contribution in [-0.4, -0.2) is 11.1 Å². The molecule has 2 aromatic heterocycles. The van der Waals surface area contributed by atoms with Gasteiger partial charge in [-0.2, -0.15) is 0 Å². The van der Waals surface area contributed by atoms with Gasteiger partial charge in [-0.1, -0.05) is 47.6 Å². The van der Waals surface area contributed by atoms with Crippen molar-refractivity contribution in [3.8, 4) is 11.3 Å². The SMILES string of the molecule is Cc1ccc2c(CC(=O)OCc3cc(-c4ccccc4)on3)coc2c1. The normalized spacial score (nSPS) is 11.0. The zero-order chi connectivity index (χ0) is 17.9. The van der Waals surface area contributed by atoms with Crippen molar-refractivity contribution in [3.63, 3.8) is 0 Å². The molecule has 5 heteroatoms. The van der Waals surface area contributed by atoms with E-state index in [-0.39, 0.29) is 19.0 Å². The van der Waals surface area contributed by atoms with Crippen LogP contribution in [0.15, 0.2) is 69.8 Å². The predicted molar refractivity (Wildman–Crippen MR) is 96.4 cm³/mol. The highest BCUT2D eigenvalue weighted by molar-refractivity contribution is 5.86. The van der Waals surface area contributed by atoms with Crippen molar-refractivity contribution < 1.29 is 18.5 Å². The molecule has 2 aromatic carbocycles. The Balaban J connectivity index is 1.39. The Morgan fingerprint density at radius 2 is 1.96 bits per heavy atom. The molecule has 130 valence electrons. The molecule has 0 radical (unpaired) electrons. The lowest BCUT2D eigenvalue weighted by Crippen LogP contribution is -2.07. The number of rotatable bonds is 5. The number of hydrogen-bond acceptors (Lipinski definition) is 5. The van der Waals surface area contributed by atoms with Crippen LogP contribution < -0.4 is 0 Å². The van der Waals surface area contributed by atoms with Crippen molar-refractivity contribution in [1.29, 1.82) is 0 Å². The van der Waals surface area contributed by atoms with Gasteiger partial charge in [-0.05, 0) is 18.6 Å². The molecule has 2 heterocycles. The van der Waals surface area contributed by atoms with E-state index in [1.165, 1.54) is 0 Å². The van der Waals surface area contributed by atoms with Crippen LogP contribution in [0.5, 0.6) is 0 Å². The average molecular weight is 347 g/mol. The molecule has 0 saturated carbocycles. The Labute approximate surface area is 150 Å². The molecule has 26 heavy (non-hydrogen) atoms. The fraction of sp³-hybridized carbons (Fsp3) is 0.143. The van der Waals surface area contributed by atoms with Gasteiger partial charge >= 0.3 is 5.97 Å². The quantitative estimate of drug-likeness (QED) is 0.490. The van der Waals surface area contributed by atoms with E-state index in [1.807, 2.05) is 55.5 Å². The van der Waals surface area contributed by atoms with E-state index in [9.17, 15) is 4.79 Å². The van der Waals surface area contributed by atoms with Crippen LogP contribution in [0.2, 0.25) is 0 Å². The number of furan rings is 1. The summed E-state index contributed by atoms with van der Waals surface area (Å²) in [6, 6.07) is 17.3. The summed E-state index contributed by atoms with van der Waals surface area (Å²) in [7, 11) is 0. The summed E-state index contributed by atoms with van der Waals surface area (Å²) in [5.41, 5.74) is 4.20. The molecule has 0 unspecified atom stereocenters. The summed E-state index contributed by atoms with van der Waals surface area (Å²) >= 11 is 0. The van der Waals surface area contributed by atoms with E-state index in [1.54, 1.807) is 12.3 Å². The second-order valence-electron chi connectivity index (χ2n) is 6.15. The lowest BCUT2D eigenvalue weighted by molar-refractivity contribution is -0.144. The van der Waals surface area contributed by atoms with Crippen LogP contribution in [-0.2, 0) is 22.6 Å². The predicted octanol–water partition coefficient (Wildman–Crippen LogP) is 4.68. The van der Waals surface area contributed by atoms with E-state index in [4.69, 9.17) is 13.7 Å². The third kappa shape index (κ3) is 3.37. The highest BCUT2D eigenvalue weighted by Crippen LogP contribution is 2.23. The molecule has 0 saturated heterocycles. The van der Waals surface area contributed by atoms with Crippen molar-refractivity contribution in [1.82, 2.24) is 5.16 Å². The van der Waals surface area contributed by atoms with Gasteiger partial charge < -0.3 is 13.7 Å². The van der Waals surface area contributed by atoms with Gasteiger partial charge in [0.2, 0.25) is 0 Å². The van der Waals surface area contributed by atoms with Crippen LogP contribution in [0.4, 0.5) is 0 Å². The van der Waals surface area contributed by atoms with Crippen molar-refractivity contribution in [2.45, 2.75) is 20.0 Å². The summed E-state index contributed by atoms with van der Waals surface area (Å²) in [6.07, 6.45) is 1.76. The topological polar surface area (TPSA) is 65.5 Å². The molecule has 0 aliphatic heterocycles. The second-order valence-corrected chi connectivity index (χ2v) is 6.15. The van der Waals surface area contributed by atoms with E-state index >= 15 is 0 Å². The average Bonchev–Trinajstić information content (AvgIpc) is 3.28. The van der Waals surface area contributed by atoms with Crippen LogP contribution >= 0.6 is 0 Å². The number of aryl methyl sites for hydroxylation is 1. The van der Waals surface area contributed by atoms with Gasteiger partial charge in [-0.3, -0.25) is 4.79 Å². The van der Waals surface area contributed by atoms with Gasteiger partial charge in [0.25, 0.3) is 0 Å². The maximum absolute atomic E-state index is 12.1. The minimum Gasteiger partial charge on any atom is -0.464 e. The lowest BCUT2D eigenvalue weighted by atomic mass is 10.1. The maximum atomic E-state index is 12.1. The fourth-order valence-electron chi connectivity index (χ4n) is 2.81. The zero-order valence-electron chi connectivity index (χ0n) is 14.3. The van der Waals surface area contributed by atoms with Crippen molar-refractivity contribution in [2.75, 3.05) is 0 Å². The Morgan fingerprint density at radius 3 is 2.81 bits per heavy atom. The number of aromatic nitrogens is 1. The van der Waals surface area contributed by atoms with Crippen molar-refractivity contribution >= 4 is 16.9 Å². The first-order valence-corrected chi connectivity index (χ1v) is 8.32. The summed E-state index contributed by atoms with van der Waals surface area (Å²) in [5.74, 6) is 0.311. The molecular formula is C21H17NO4. The number of benzene rings is 2. The Bertz CT molecular complexity index is 1050. The second kappa shape index (κ2) is 6.88. The first-order valence-electron chi connectivity index (χ1n) is 8.32. The van der Waals surface area contributed by atoms with Gasteiger partial charge in [-0.15, -0.1) is 0 Å². The van der Waals surface area contributed by atoms with E-state index in [2.05, 4.69) is 5.16 Å². The third-order valence-corrected chi connectivity index (χ3v) is 4.14. The van der Waals surface area contributed by atoms with Crippen molar-refractivity contribution in [3.05, 3.63) is 77.7 Å². The highest BCUT2D eigenvalue weighted by Gasteiger charge is 2.13. The van der Waals surface area contributed by atoms with E-state index in [0.717, 1.165) is 27.7 Å². The molecule has 0 atom stereocenters. The molecule has 0 spiro atoms. The minimum atomic E-state index is -0.336. The Kier molecular flexibility index (Phi) is 4.27. The number of carbonyl (C=O) groups is 1. The molecule has 0 N–H and O–H groups in total. The van der Waals surface area contributed by atoms with E-state index in [0.29, 0.717) is 11.5 Å². The standard InChI is InChI=1S/C21H17NO4/c1-14-7-8-18-16(12-24-20(18)9-14)10-21(23)25-13-17-11-19(26-22-17)15-5-3-2-4-6-15/h2-9,11-12H,10,13H2,1H3. The summed E-state index contributed by atoms with van der Waals surface area (Å²) in [5, 5.41) is 4.88. The first kappa shape index (κ1) is 16.1. The molecule has 0 bridgehead atoms. The van der Waals surface area contributed by atoms with Crippen LogP contribution in [0.3, 0.4) is 0 Å². The Morgan fingerprint density at radius 1 is 1.12 bits per heavy atom. The molecule has 0 amide bonds. The van der Waals surface area contributed by atoms with Gasteiger partial charge in [-0.25, -0.2) is 0 Å². The van der Waals surface area contributed by atoms with Gasteiger partial charge in [0.15, 0.2) is 5.76 Å². The van der Waals surface area contributed by atoms with Gasteiger partial charge in [0, 0.05) is 22.6 Å². The molecule has 5 nitrogen and oxygen atoms in total. The number of ether oxygens (including phenoxy) is 1. The number of fused-ring (bicyclic) bond motifs is 1. The maximum Gasteiger partial charge on any atom is 0.310 e. The smallest absolute Gasteiger partial charge is 0.310 e. The van der Waals surface area contributed by atoms with Crippen LogP contribution in [0.25, 0.3) is 22.3 Å². The third-order valence-electron chi connectivity index (χ3n) is 4.14. The number of nitrogens with zero attached hydrogens (tertiary/aromatic N) is 1. The van der Waals surface area contributed by atoms with Gasteiger partial charge in [0.1, 0.15) is 17.9 Å². The molecular weight excluding hydrogens is 330 g/mol. The molecule has 0 aliphatic rings. The molecule has 4 aromatic rings. The van der Waals surface area contributed by atoms with Gasteiger partial charge in [0.05, 0.1) is 12.7 Å². The monoisotopic (exact) mass is 347 g/mol.